The maximum absolute atomic E-state index is 14.8. The number of thiol groups is 1. The number of rotatable bonds is 49. The van der Waals surface area contributed by atoms with Gasteiger partial charge in [-0.25, -0.2) is 9.78 Å². The van der Waals surface area contributed by atoms with Crippen molar-refractivity contribution in [1.29, 1.82) is 0 Å². The van der Waals surface area contributed by atoms with E-state index in [0.29, 0.717) is 45.3 Å². The third-order valence-corrected chi connectivity index (χ3v) is 18.0. The number of hydrogen-bond donors (Lipinski definition) is 24. The first-order valence-electron chi connectivity index (χ1n) is 36.2. The van der Waals surface area contributed by atoms with E-state index in [4.69, 9.17) is 17.2 Å². The first-order valence-corrected chi connectivity index (χ1v) is 36.8. The fourth-order valence-electron chi connectivity index (χ4n) is 11.4. The van der Waals surface area contributed by atoms with E-state index < -0.39 is 213 Å². The van der Waals surface area contributed by atoms with Crippen LogP contribution in [-0.2, 0) is 109 Å². The van der Waals surface area contributed by atoms with E-state index in [1.165, 1.54) is 36.8 Å². The first kappa shape index (κ1) is 91.0. The Balaban J connectivity index is 1.14. The highest BCUT2D eigenvalue weighted by Crippen LogP contribution is 2.21. The van der Waals surface area contributed by atoms with Crippen LogP contribution in [0.1, 0.15) is 66.5 Å². The van der Waals surface area contributed by atoms with E-state index in [2.05, 4.69) is 96.7 Å². The van der Waals surface area contributed by atoms with Crippen molar-refractivity contribution in [1.82, 2.24) is 84.1 Å². The molecule has 11 atom stereocenters. The van der Waals surface area contributed by atoms with Crippen LogP contribution in [0.5, 0.6) is 5.75 Å². The maximum Gasteiger partial charge on any atom is 0.326 e. The van der Waals surface area contributed by atoms with Gasteiger partial charge in [-0.15, -0.1) is 0 Å². The van der Waals surface area contributed by atoms with Crippen molar-refractivity contribution in [3.05, 3.63) is 156 Å². The van der Waals surface area contributed by atoms with E-state index >= 15 is 0 Å². The number of phenolic OH excluding ortho intramolecular Hbond substituents is 1. The van der Waals surface area contributed by atoms with Crippen molar-refractivity contribution in [2.24, 2.45) is 17.2 Å². The molecule has 4 aromatic carbocycles. The maximum atomic E-state index is 14.8. The van der Waals surface area contributed by atoms with Gasteiger partial charge < -0.3 is 122 Å². The monoisotopic (exact) mass is 1620 g/mol. The Hall–Kier alpha value is -12.9. The first-order chi connectivity index (χ1) is 55.0. The van der Waals surface area contributed by atoms with Crippen LogP contribution in [0.25, 0.3) is 10.9 Å². The predicted molar refractivity (Wildman–Crippen MR) is 412 cm³/mol. The van der Waals surface area contributed by atoms with E-state index in [1.807, 2.05) is 0 Å². The van der Waals surface area contributed by atoms with E-state index in [1.54, 1.807) is 91.1 Å². The van der Waals surface area contributed by atoms with Crippen molar-refractivity contribution in [2.75, 3.05) is 45.1 Å². The largest absolute Gasteiger partial charge is 0.508 e. The number of aliphatic hydroxyl groups excluding tert-OH is 2. The van der Waals surface area contributed by atoms with Gasteiger partial charge in [-0.1, -0.05) is 91.0 Å². The number of aromatic hydroxyl groups is 1. The predicted octanol–water partition coefficient (Wildman–Crippen LogP) is -6.50. The molecule has 6 aromatic rings. The van der Waals surface area contributed by atoms with Crippen LogP contribution in [0, 0.1) is 0 Å². The molecule has 40 nitrogen and oxygen atoms in total. The van der Waals surface area contributed by atoms with Gasteiger partial charge in [0.2, 0.25) is 82.7 Å². The number of aliphatic carboxylic acids is 2. The zero-order valence-corrected chi connectivity index (χ0v) is 63.0. The topological polar surface area (TPSA) is 653 Å². The van der Waals surface area contributed by atoms with E-state index in [-0.39, 0.29) is 63.0 Å². The van der Waals surface area contributed by atoms with Crippen molar-refractivity contribution >= 4 is 118 Å². The minimum absolute atomic E-state index is 0.0106. The van der Waals surface area contributed by atoms with Gasteiger partial charge in [-0.3, -0.25) is 71.9 Å². The summed E-state index contributed by atoms with van der Waals surface area (Å²) in [5, 5.41) is 82.4. The van der Waals surface area contributed by atoms with Crippen molar-refractivity contribution in [3.63, 3.8) is 0 Å². The number of nitrogens with zero attached hydrogens (tertiary/aromatic N) is 1. The standard InChI is InChI=1S/C74H95N19O21S/c75-24-10-9-17-49(84-61(99)34-80-60(98)33-81-64(103)47(76)38-115)66(105)87-52(26-42-18-20-45(96)21-19-42)68(107)89-53(28-43-31-79-48-16-8-7-15-46(43)48)70(109)92-57(36-94)65(104)82-35-62(100)85-55(30-59(77)97)72(111)93-58(37-95)73(112)86-50(22-23-63(101)102)67(106)88-51(25-40-11-3-1-4-12-40)69(108)90-54(29-44-32-78-39-83-44)71(110)91-56(74(113)114)27-41-13-5-2-6-14-41/h1-8,11-16,18-21,31-32,39,47,49-58,79,94-96,115H,9-10,17,22-30,33-38,75-76H2,(H2,77,97)(H,78,83)(H,80,98)(H,81,103)(H,82,104)(H,84,99)(H,85,100)(H,86,112)(H,87,105)(H,88,106)(H,89,107)(H,90,108)(H,91,110)(H,92,109)(H,93,111)(H,101,102)(H,113,114)/t47-,49-,50-,51-,52-,53-,54-,55-,56-,57-,58-/m0/s1. The number of carbonyl (C=O) groups excluding carboxylic acids is 14. The summed E-state index contributed by atoms with van der Waals surface area (Å²) >= 11 is 3.94. The molecule has 0 saturated carbocycles. The van der Waals surface area contributed by atoms with Crippen LogP contribution in [0.4, 0.5) is 0 Å². The normalized spacial score (nSPS) is 13.9. The van der Waals surface area contributed by atoms with Gasteiger partial charge in [0.25, 0.3) is 0 Å². The van der Waals surface area contributed by atoms with E-state index in [0.717, 1.165) is 0 Å². The summed E-state index contributed by atoms with van der Waals surface area (Å²) in [5.41, 5.74) is 19.6. The lowest BCUT2D eigenvalue weighted by molar-refractivity contribution is -0.142. The van der Waals surface area contributed by atoms with Crippen molar-refractivity contribution in [2.45, 2.75) is 137 Å². The quantitative estimate of drug-likeness (QED) is 0.0125. The Kier molecular flexibility index (Phi) is 37.1. The zero-order chi connectivity index (χ0) is 84.1. The summed E-state index contributed by atoms with van der Waals surface area (Å²) in [6.45, 7) is -4.49. The van der Waals surface area contributed by atoms with Gasteiger partial charge in [0, 0.05) is 73.3 Å². The number of carboxylic acid groups (broad SMARTS) is 2. The summed E-state index contributed by atoms with van der Waals surface area (Å²) in [5.74, 6) is -17.9. The van der Waals surface area contributed by atoms with Crippen molar-refractivity contribution < 1.29 is 102 Å². The second-order valence-corrected chi connectivity index (χ2v) is 26.8. The smallest absolute Gasteiger partial charge is 0.326 e. The number of nitrogens with two attached hydrogens (primary N) is 3. The number of amides is 14. The van der Waals surface area contributed by atoms with Gasteiger partial charge in [0.05, 0.1) is 51.6 Å². The minimum Gasteiger partial charge on any atom is -0.508 e. The molecular weight excluding hydrogens is 1520 g/mol. The van der Waals surface area contributed by atoms with Crippen LogP contribution < -0.4 is 86.3 Å². The lowest BCUT2D eigenvalue weighted by Gasteiger charge is -2.27. The lowest BCUT2D eigenvalue weighted by atomic mass is 10.0. The molecule has 0 unspecified atom stereocenters. The second-order valence-electron chi connectivity index (χ2n) is 26.4. The molecule has 0 aliphatic carbocycles. The molecule has 0 fully saturated rings. The average Bonchev–Trinajstić information content (AvgIpc) is 1.68. The number of phenols is 1. The zero-order valence-electron chi connectivity index (χ0n) is 62.1. The molecule has 14 amide bonds. The highest BCUT2D eigenvalue weighted by molar-refractivity contribution is 7.80. The van der Waals surface area contributed by atoms with Crippen LogP contribution in [-0.4, -0.2) is 247 Å². The van der Waals surface area contributed by atoms with Crippen LogP contribution >= 0.6 is 12.6 Å². The Morgan fingerprint density at radius 1 is 0.443 bits per heavy atom. The van der Waals surface area contributed by atoms with Gasteiger partial charge >= 0.3 is 11.9 Å². The highest BCUT2D eigenvalue weighted by atomic mass is 32.1. The SMILES string of the molecule is NCCCC[C@H](NC(=O)CNC(=O)CNC(=O)[C@@H](N)CS)C(=O)N[C@@H](Cc1ccc(O)cc1)C(=O)N[C@@H](Cc1c[nH]c2ccccc12)C(=O)N[C@@H](CO)C(=O)NCC(=O)N[C@@H](CC(N)=O)C(=O)N[C@@H](CO)C(=O)N[C@@H](CCC(=O)O)C(=O)N[C@@H](Cc1ccccc1)C(=O)N[C@@H](Cc1cnc[nH]1)C(=O)N[C@@H](Cc1ccccc1)C(=O)O. The number of aromatic amines is 2. The number of aromatic nitrogens is 3. The third-order valence-electron chi connectivity index (χ3n) is 17.6. The molecule has 2 heterocycles. The molecule has 6 rings (SSSR count). The highest BCUT2D eigenvalue weighted by Gasteiger charge is 2.37. The second kappa shape index (κ2) is 46.8. The van der Waals surface area contributed by atoms with Gasteiger partial charge in [0.1, 0.15) is 66.2 Å². The number of hydrogen-bond acceptors (Lipinski definition) is 23. The van der Waals surface area contributed by atoms with Crippen LogP contribution in [0.3, 0.4) is 0 Å². The molecule has 0 aliphatic rings. The minimum atomic E-state index is -2.06. The summed E-state index contributed by atoms with van der Waals surface area (Å²) in [7, 11) is 0. The molecular formula is C74H95N19O21S. The number of unbranched alkanes of at least 4 members (excludes halogenated alkanes) is 1. The Bertz CT molecular complexity index is 4330. The number of carboxylic acids is 2. The summed E-state index contributed by atoms with van der Waals surface area (Å²) < 4.78 is 0. The lowest BCUT2D eigenvalue weighted by Crippen LogP contribution is -2.61. The number of nitrogens with one attached hydrogen (secondary N) is 15. The molecule has 0 bridgehead atoms. The number of carbonyl (C=O) groups is 16. The molecule has 618 valence electrons. The average molecular weight is 1620 g/mol. The fraction of sp³-hybridized carbons (Fsp3) is 0.392. The Morgan fingerprint density at radius 2 is 0.878 bits per heavy atom. The molecule has 115 heavy (non-hydrogen) atoms. The van der Waals surface area contributed by atoms with Gasteiger partial charge in [-0.05, 0) is 72.7 Å². The number of aliphatic hydroxyl groups is 2. The van der Waals surface area contributed by atoms with Gasteiger partial charge in [-0.2, -0.15) is 12.6 Å². The van der Waals surface area contributed by atoms with Crippen LogP contribution in [0.15, 0.2) is 128 Å². The Morgan fingerprint density at radius 3 is 1.40 bits per heavy atom. The molecule has 0 aliphatic heterocycles. The summed E-state index contributed by atoms with van der Waals surface area (Å²) in [4.78, 5) is 226. The van der Waals surface area contributed by atoms with Gasteiger partial charge in [0.15, 0.2) is 0 Å². The number of fused-ring (bicyclic) bond motifs is 1. The fourth-order valence-corrected chi connectivity index (χ4v) is 11.6. The van der Waals surface area contributed by atoms with Crippen molar-refractivity contribution in [3.8, 4) is 5.75 Å². The Labute approximate surface area is 662 Å². The number of imidazole rings is 1. The molecule has 0 spiro atoms. The van der Waals surface area contributed by atoms with E-state index in [9.17, 15) is 102 Å². The molecule has 41 heteroatoms. The molecule has 0 saturated heterocycles. The number of para-hydroxylation sites is 1. The summed E-state index contributed by atoms with van der Waals surface area (Å²) in [6, 6.07) is 10.7. The number of benzene rings is 4. The molecule has 2 aromatic heterocycles. The molecule has 26 N–H and O–H groups in total. The number of primary amides is 1. The molecule has 0 radical (unpaired) electrons. The third kappa shape index (κ3) is 31.0. The summed E-state index contributed by atoms with van der Waals surface area (Å²) in [6.07, 6.45) is 1.01. The van der Waals surface area contributed by atoms with Crippen LogP contribution in [0.2, 0.25) is 0 Å². The number of H-pyrrole nitrogens is 2.